The zero-order valence-electron chi connectivity index (χ0n) is 12.9. The molecule has 1 N–H and O–H groups in total. The van der Waals surface area contributed by atoms with Crippen LogP contribution in [0.2, 0.25) is 0 Å². The van der Waals surface area contributed by atoms with Gasteiger partial charge in [0.25, 0.3) is 0 Å². The van der Waals surface area contributed by atoms with Crippen LogP contribution in [0.25, 0.3) is 0 Å². The van der Waals surface area contributed by atoms with Gasteiger partial charge in [-0.15, -0.1) is 12.4 Å². The second kappa shape index (κ2) is 10.6. The number of halogens is 1. The molecular weight excluding hydrogens is 302 g/mol. The lowest BCUT2D eigenvalue weighted by Crippen LogP contribution is -2.25. The highest BCUT2D eigenvalue weighted by atomic mass is 35.5. The standard InChI is InChI=1S/C17H25NO3.ClH/c19-17(20)9-4-11-18-12-10-16(14-18)21-13-5-8-15-6-2-1-3-7-15;/h1-3,6-7,16H,4-5,8-14H2,(H,19,20);1H. The summed E-state index contributed by atoms with van der Waals surface area (Å²) >= 11 is 0. The van der Waals surface area contributed by atoms with E-state index in [1.165, 1.54) is 5.56 Å². The first-order chi connectivity index (χ1) is 10.2. The van der Waals surface area contributed by atoms with Crippen LogP contribution in [-0.2, 0) is 16.0 Å². The van der Waals surface area contributed by atoms with Crippen molar-refractivity contribution in [2.24, 2.45) is 0 Å². The van der Waals surface area contributed by atoms with Gasteiger partial charge in [0.15, 0.2) is 0 Å². The number of carboxylic acids is 1. The van der Waals surface area contributed by atoms with Crippen LogP contribution in [0.3, 0.4) is 0 Å². The van der Waals surface area contributed by atoms with Crippen molar-refractivity contribution in [1.82, 2.24) is 4.90 Å². The molecule has 1 aromatic carbocycles. The van der Waals surface area contributed by atoms with Gasteiger partial charge in [0.1, 0.15) is 0 Å². The van der Waals surface area contributed by atoms with E-state index in [4.69, 9.17) is 9.84 Å². The van der Waals surface area contributed by atoms with Crippen LogP contribution in [0, 0.1) is 0 Å². The molecule has 0 radical (unpaired) electrons. The molecule has 5 heteroatoms. The highest BCUT2D eigenvalue weighted by molar-refractivity contribution is 5.85. The summed E-state index contributed by atoms with van der Waals surface area (Å²) in [6.45, 7) is 3.66. The fourth-order valence-corrected chi connectivity index (χ4v) is 2.76. The molecule has 2 rings (SSSR count). The third-order valence-electron chi connectivity index (χ3n) is 3.90. The van der Waals surface area contributed by atoms with Crippen molar-refractivity contribution in [2.75, 3.05) is 26.2 Å². The number of carboxylic acid groups (broad SMARTS) is 1. The Morgan fingerprint density at radius 3 is 2.77 bits per heavy atom. The number of aryl methyl sites for hydroxylation is 1. The lowest BCUT2D eigenvalue weighted by Gasteiger charge is -2.15. The van der Waals surface area contributed by atoms with Crippen molar-refractivity contribution in [3.8, 4) is 0 Å². The average Bonchev–Trinajstić information content (AvgIpc) is 2.92. The molecule has 1 atom stereocenters. The number of benzene rings is 1. The maximum Gasteiger partial charge on any atom is 0.303 e. The number of nitrogens with zero attached hydrogens (tertiary/aromatic N) is 1. The number of carbonyl (C=O) groups is 1. The van der Waals surface area contributed by atoms with Gasteiger partial charge in [0.05, 0.1) is 6.10 Å². The molecule has 0 bridgehead atoms. The van der Waals surface area contributed by atoms with Gasteiger partial charge in [-0.3, -0.25) is 4.79 Å². The summed E-state index contributed by atoms with van der Waals surface area (Å²) in [5, 5.41) is 8.63. The van der Waals surface area contributed by atoms with Crippen LogP contribution >= 0.6 is 12.4 Å². The molecule has 1 heterocycles. The smallest absolute Gasteiger partial charge is 0.303 e. The summed E-state index contributed by atoms with van der Waals surface area (Å²) < 4.78 is 5.92. The molecule has 0 spiro atoms. The van der Waals surface area contributed by atoms with E-state index >= 15 is 0 Å². The number of ether oxygens (including phenoxy) is 1. The molecule has 1 aliphatic rings. The second-order valence-electron chi connectivity index (χ2n) is 5.67. The van der Waals surface area contributed by atoms with E-state index in [1.54, 1.807) is 0 Å². The van der Waals surface area contributed by atoms with Gasteiger partial charge >= 0.3 is 5.97 Å². The summed E-state index contributed by atoms with van der Waals surface area (Å²) in [5.74, 6) is -0.706. The van der Waals surface area contributed by atoms with Crippen molar-refractivity contribution in [1.29, 1.82) is 0 Å². The molecular formula is C17H26ClNO3. The van der Waals surface area contributed by atoms with Crippen molar-refractivity contribution in [2.45, 2.75) is 38.2 Å². The lowest BCUT2D eigenvalue weighted by atomic mass is 10.1. The zero-order chi connectivity index (χ0) is 14.9. The van der Waals surface area contributed by atoms with E-state index in [-0.39, 0.29) is 18.8 Å². The zero-order valence-corrected chi connectivity index (χ0v) is 13.8. The quantitative estimate of drug-likeness (QED) is 0.708. The van der Waals surface area contributed by atoms with Crippen LogP contribution in [0.5, 0.6) is 0 Å². The molecule has 0 saturated carbocycles. The van der Waals surface area contributed by atoms with Gasteiger partial charge in [-0.05, 0) is 37.8 Å². The fourth-order valence-electron chi connectivity index (χ4n) is 2.76. The van der Waals surface area contributed by atoms with Gasteiger partial charge in [0, 0.05) is 26.1 Å². The molecule has 1 unspecified atom stereocenters. The maximum atomic E-state index is 10.5. The molecule has 0 aromatic heterocycles. The number of rotatable bonds is 9. The number of aliphatic carboxylic acids is 1. The van der Waals surface area contributed by atoms with Gasteiger partial charge in [-0.2, -0.15) is 0 Å². The Morgan fingerprint density at radius 1 is 1.27 bits per heavy atom. The van der Waals surface area contributed by atoms with Crippen LogP contribution in [0.1, 0.15) is 31.2 Å². The average molecular weight is 328 g/mol. The van der Waals surface area contributed by atoms with Crippen LogP contribution < -0.4 is 0 Å². The van der Waals surface area contributed by atoms with Gasteiger partial charge in [0.2, 0.25) is 0 Å². The molecule has 1 fully saturated rings. The first-order valence-corrected chi connectivity index (χ1v) is 7.84. The number of hydrogen-bond donors (Lipinski definition) is 1. The second-order valence-corrected chi connectivity index (χ2v) is 5.67. The van der Waals surface area contributed by atoms with E-state index in [1.807, 2.05) is 6.07 Å². The fraction of sp³-hybridized carbons (Fsp3) is 0.588. The predicted octanol–water partition coefficient (Wildman–Crippen LogP) is 3.00. The van der Waals surface area contributed by atoms with Crippen molar-refractivity contribution < 1.29 is 14.6 Å². The maximum absolute atomic E-state index is 10.5. The minimum atomic E-state index is -0.706. The molecule has 0 aliphatic carbocycles. The normalized spacial score (nSPS) is 18.1. The summed E-state index contributed by atoms with van der Waals surface area (Å²) in [5.41, 5.74) is 1.36. The summed E-state index contributed by atoms with van der Waals surface area (Å²) in [4.78, 5) is 12.8. The molecule has 22 heavy (non-hydrogen) atoms. The minimum absolute atomic E-state index is 0. The number of hydrogen-bond acceptors (Lipinski definition) is 3. The SMILES string of the molecule is Cl.O=C(O)CCCN1CCC(OCCCc2ccccc2)C1. The molecule has 1 saturated heterocycles. The van der Waals surface area contributed by atoms with Gasteiger partial charge in [-0.1, -0.05) is 30.3 Å². The van der Waals surface area contributed by atoms with Gasteiger partial charge < -0.3 is 14.7 Å². The molecule has 4 nitrogen and oxygen atoms in total. The number of likely N-dealkylation sites (tertiary alicyclic amines) is 1. The summed E-state index contributed by atoms with van der Waals surface area (Å²) in [6.07, 6.45) is 4.51. The Balaban J connectivity index is 0.00000242. The first kappa shape index (κ1) is 18.9. The minimum Gasteiger partial charge on any atom is -0.481 e. The van der Waals surface area contributed by atoms with Crippen LogP contribution in [0.15, 0.2) is 30.3 Å². The summed E-state index contributed by atoms with van der Waals surface area (Å²) in [6, 6.07) is 10.5. The Morgan fingerprint density at radius 2 is 2.05 bits per heavy atom. The Labute approximate surface area is 138 Å². The van der Waals surface area contributed by atoms with Crippen molar-refractivity contribution in [3.63, 3.8) is 0 Å². The van der Waals surface area contributed by atoms with E-state index in [2.05, 4.69) is 29.2 Å². The van der Waals surface area contributed by atoms with E-state index < -0.39 is 5.97 Å². The molecule has 124 valence electrons. The lowest BCUT2D eigenvalue weighted by molar-refractivity contribution is -0.137. The Bertz CT molecular complexity index is 427. The highest BCUT2D eigenvalue weighted by Crippen LogP contribution is 2.14. The Hall–Kier alpha value is -1.10. The Kier molecular flexibility index (Phi) is 9.13. The first-order valence-electron chi connectivity index (χ1n) is 7.84. The topological polar surface area (TPSA) is 49.8 Å². The van der Waals surface area contributed by atoms with E-state index in [9.17, 15) is 4.79 Å². The van der Waals surface area contributed by atoms with Crippen LogP contribution in [-0.4, -0.2) is 48.3 Å². The predicted molar refractivity (Wildman–Crippen MR) is 89.7 cm³/mol. The van der Waals surface area contributed by atoms with E-state index in [0.717, 1.165) is 51.9 Å². The van der Waals surface area contributed by atoms with Gasteiger partial charge in [-0.25, -0.2) is 0 Å². The molecule has 0 amide bonds. The molecule has 1 aliphatic heterocycles. The van der Waals surface area contributed by atoms with Crippen LogP contribution in [0.4, 0.5) is 0 Å². The highest BCUT2D eigenvalue weighted by Gasteiger charge is 2.22. The van der Waals surface area contributed by atoms with E-state index in [0.29, 0.717) is 6.10 Å². The largest absolute Gasteiger partial charge is 0.481 e. The summed E-state index contributed by atoms with van der Waals surface area (Å²) in [7, 11) is 0. The monoisotopic (exact) mass is 327 g/mol. The van der Waals surface area contributed by atoms with Crippen molar-refractivity contribution in [3.05, 3.63) is 35.9 Å². The third kappa shape index (κ3) is 7.25. The van der Waals surface area contributed by atoms with Crippen molar-refractivity contribution >= 4 is 18.4 Å². The third-order valence-corrected chi connectivity index (χ3v) is 3.90. The molecule has 1 aromatic rings.